The number of carbonyl (C=O) groups is 2. The summed E-state index contributed by atoms with van der Waals surface area (Å²) in [5.41, 5.74) is 22.5. The van der Waals surface area contributed by atoms with Gasteiger partial charge >= 0.3 is 0 Å². The zero-order chi connectivity index (χ0) is 39.0. The number of amides is 2. The number of rotatable bonds is 40. The van der Waals surface area contributed by atoms with E-state index < -0.39 is 0 Å². The Labute approximate surface area is 324 Å². The number of nitrogens with zero attached hydrogens (tertiary/aromatic N) is 2. The molecule has 0 spiro atoms. The lowest BCUT2D eigenvalue weighted by atomic mass is 10.1. The molecule has 0 aliphatic carbocycles. The largest absolute Gasteiger partial charge is 0.355 e. The molecule has 53 heavy (non-hydrogen) atoms. The van der Waals surface area contributed by atoms with Gasteiger partial charge in [0.2, 0.25) is 11.8 Å². The second-order valence-electron chi connectivity index (χ2n) is 13.7. The van der Waals surface area contributed by atoms with E-state index in [0.717, 1.165) is 143 Å². The van der Waals surface area contributed by atoms with Crippen molar-refractivity contribution in [1.29, 1.82) is 0 Å². The molecule has 0 aromatic rings. The summed E-state index contributed by atoms with van der Waals surface area (Å²) >= 11 is 0. The number of allylic oxidation sites excluding steroid dienone is 2. The normalized spacial score (nSPS) is 13.1. The molecule has 0 fully saturated rings. The number of nitrogens with one attached hydrogen (secondary N) is 6. The van der Waals surface area contributed by atoms with Gasteiger partial charge in [-0.3, -0.25) is 19.4 Å². The van der Waals surface area contributed by atoms with Crippen molar-refractivity contribution in [2.45, 2.75) is 96.6 Å². The van der Waals surface area contributed by atoms with Crippen LogP contribution in [0.3, 0.4) is 0 Å². The van der Waals surface area contributed by atoms with Crippen molar-refractivity contribution in [3.05, 3.63) is 24.3 Å². The summed E-state index contributed by atoms with van der Waals surface area (Å²) in [6.07, 6.45) is 19.1. The van der Waals surface area contributed by atoms with Crippen LogP contribution in [0.1, 0.15) is 84.5 Å². The standard InChI is InChI=1S/C39H84N12O2/c1-3-5-7-30-50(34-14-25-48-38(52)36(46-23-12-19-41)16-27-44-22-11-18-40)32-9-10-33-51(31-8-6-4-2)35-15-26-49-39(53)37(47-24-13-20-42)17-28-45-29-21-43/h5-8,36-37,44-47H,3-4,9-35,40-43H2,1-2H3,(H,48,52)(H,49,53). The predicted octanol–water partition coefficient (Wildman–Crippen LogP) is 0.196. The zero-order valence-corrected chi connectivity index (χ0v) is 34.0. The van der Waals surface area contributed by atoms with Gasteiger partial charge in [-0.05, 0) is 136 Å². The van der Waals surface area contributed by atoms with Gasteiger partial charge in [-0.15, -0.1) is 0 Å². The smallest absolute Gasteiger partial charge is 0.237 e. The van der Waals surface area contributed by atoms with Crippen LogP contribution in [0.5, 0.6) is 0 Å². The predicted molar refractivity (Wildman–Crippen MR) is 225 cm³/mol. The molecule has 2 atom stereocenters. The number of carbonyl (C=O) groups excluding carboxylic acids is 2. The fraction of sp³-hybridized carbons (Fsp3) is 0.846. The molecule has 0 aliphatic heterocycles. The third kappa shape index (κ3) is 32.0. The average Bonchev–Trinajstić information content (AvgIpc) is 3.16. The highest BCUT2D eigenvalue weighted by molar-refractivity contribution is 5.82. The fourth-order valence-corrected chi connectivity index (χ4v) is 5.80. The van der Waals surface area contributed by atoms with Gasteiger partial charge < -0.3 is 54.8 Å². The van der Waals surface area contributed by atoms with Gasteiger partial charge in [0.15, 0.2) is 0 Å². The van der Waals surface area contributed by atoms with Crippen LogP contribution >= 0.6 is 0 Å². The first-order valence-corrected chi connectivity index (χ1v) is 21.0. The molecule has 14 nitrogen and oxygen atoms in total. The Morgan fingerprint density at radius 1 is 0.491 bits per heavy atom. The van der Waals surface area contributed by atoms with Crippen LogP contribution < -0.4 is 54.8 Å². The highest BCUT2D eigenvalue weighted by Gasteiger charge is 2.18. The monoisotopic (exact) mass is 753 g/mol. The summed E-state index contributed by atoms with van der Waals surface area (Å²) in [6, 6.07) is -0.460. The van der Waals surface area contributed by atoms with Crippen LogP contribution in [0, 0.1) is 0 Å². The van der Waals surface area contributed by atoms with E-state index in [1.807, 2.05) is 0 Å². The van der Waals surface area contributed by atoms with Crippen molar-refractivity contribution in [3.63, 3.8) is 0 Å². The molecular formula is C39H84N12O2. The third-order valence-electron chi connectivity index (χ3n) is 8.91. The van der Waals surface area contributed by atoms with E-state index in [0.29, 0.717) is 45.7 Å². The lowest BCUT2D eigenvalue weighted by Gasteiger charge is -2.24. The van der Waals surface area contributed by atoms with Gasteiger partial charge in [0.05, 0.1) is 12.1 Å². The summed E-state index contributed by atoms with van der Waals surface area (Å²) in [6.45, 7) is 18.5. The van der Waals surface area contributed by atoms with Crippen molar-refractivity contribution in [2.75, 3.05) is 118 Å². The van der Waals surface area contributed by atoms with Crippen LogP contribution in [0.25, 0.3) is 0 Å². The van der Waals surface area contributed by atoms with Gasteiger partial charge in [0.25, 0.3) is 0 Å². The molecule has 14 heteroatoms. The van der Waals surface area contributed by atoms with Crippen LogP contribution in [0.2, 0.25) is 0 Å². The third-order valence-corrected chi connectivity index (χ3v) is 8.91. The van der Waals surface area contributed by atoms with E-state index in [-0.39, 0.29) is 23.9 Å². The minimum Gasteiger partial charge on any atom is -0.355 e. The van der Waals surface area contributed by atoms with E-state index in [1.165, 1.54) is 0 Å². The van der Waals surface area contributed by atoms with Crippen molar-refractivity contribution in [1.82, 2.24) is 41.7 Å². The second-order valence-corrected chi connectivity index (χ2v) is 13.7. The maximum atomic E-state index is 13.0. The molecular weight excluding hydrogens is 669 g/mol. The maximum Gasteiger partial charge on any atom is 0.237 e. The Balaban J connectivity index is 4.85. The number of hydrogen-bond donors (Lipinski definition) is 10. The summed E-state index contributed by atoms with van der Waals surface area (Å²) in [4.78, 5) is 31.0. The minimum atomic E-state index is -0.235. The molecule has 2 amide bonds. The van der Waals surface area contributed by atoms with Gasteiger partial charge in [0.1, 0.15) is 0 Å². The summed E-state index contributed by atoms with van der Waals surface area (Å²) in [5.74, 6) is 0.114. The van der Waals surface area contributed by atoms with Crippen molar-refractivity contribution in [3.8, 4) is 0 Å². The summed E-state index contributed by atoms with van der Waals surface area (Å²) in [7, 11) is 0. The summed E-state index contributed by atoms with van der Waals surface area (Å²) < 4.78 is 0. The molecule has 312 valence electrons. The Kier molecular flexibility index (Phi) is 38.2. The second kappa shape index (κ2) is 39.7. The molecule has 0 aromatic heterocycles. The number of hydrogen-bond acceptors (Lipinski definition) is 12. The molecule has 0 saturated heterocycles. The first-order chi connectivity index (χ1) is 26.0. The summed E-state index contributed by atoms with van der Waals surface area (Å²) in [5, 5.41) is 19.7. The van der Waals surface area contributed by atoms with Crippen molar-refractivity contribution < 1.29 is 9.59 Å². The lowest BCUT2D eigenvalue weighted by molar-refractivity contribution is -0.124. The van der Waals surface area contributed by atoms with Crippen molar-refractivity contribution >= 4 is 11.8 Å². The minimum absolute atomic E-state index is 0.0520. The quantitative estimate of drug-likeness (QED) is 0.0300. The van der Waals surface area contributed by atoms with Crippen LogP contribution in [0.15, 0.2) is 24.3 Å². The molecule has 0 radical (unpaired) electrons. The molecule has 0 saturated carbocycles. The van der Waals surface area contributed by atoms with Crippen molar-refractivity contribution in [2.24, 2.45) is 22.9 Å². The van der Waals surface area contributed by atoms with Crippen LogP contribution in [-0.2, 0) is 9.59 Å². The Morgan fingerprint density at radius 2 is 0.906 bits per heavy atom. The molecule has 0 rings (SSSR count). The van der Waals surface area contributed by atoms with Gasteiger partial charge in [0, 0.05) is 52.4 Å². The zero-order valence-electron chi connectivity index (χ0n) is 34.0. The SMILES string of the molecule is CCC=CCN(CCCCN(CC=CCC)CCCNC(=O)C(CCNCCCN)NCCCN)CCCNC(=O)C(CCNCCN)NCCCN. The van der Waals surface area contributed by atoms with E-state index in [9.17, 15) is 9.59 Å². The highest BCUT2D eigenvalue weighted by atomic mass is 16.2. The maximum absolute atomic E-state index is 13.0. The first-order valence-electron chi connectivity index (χ1n) is 21.0. The topological polar surface area (TPSA) is 217 Å². The van der Waals surface area contributed by atoms with Gasteiger partial charge in [-0.25, -0.2) is 0 Å². The van der Waals surface area contributed by atoms with Gasteiger partial charge in [-0.1, -0.05) is 38.2 Å². The lowest BCUT2D eigenvalue weighted by Crippen LogP contribution is -2.47. The van der Waals surface area contributed by atoms with E-state index in [2.05, 4.69) is 79.9 Å². The van der Waals surface area contributed by atoms with Crippen LogP contribution in [0.4, 0.5) is 0 Å². The number of unbranched alkanes of at least 4 members (excludes halogenated alkanes) is 1. The van der Waals surface area contributed by atoms with Gasteiger partial charge in [-0.2, -0.15) is 0 Å². The average molecular weight is 753 g/mol. The number of nitrogens with two attached hydrogens (primary N) is 4. The Hall–Kier alpha value is -1.98. The van der Waals surface area contributed by atoms with E-state index in [1.54, 1.807) is 0 Å². The van der Waals surface area contributed by atoms with E-state index >= 15 is 0 Å². The molecule has 2 unspecified atom stereocenters. The highest BCUT2D eigenvalue weighted by Crippen LogP contribution is 2.03. The van der Waals surface area contributed by atoms with E-state index in [4.69, 9.17) is 22.9 Å². The first kappa shape index (κ1) is 51.0. The Morgan fingerprint density at radius 3 is 1.32 bits per heavy atom. The molecule has 0 aromatic carbocycles. The molecule has 0 aliphatic rings. The molecule has 0 heterocycles. The fourth-order valence-electron chi connectivity index (χ4n) is 5.80. The Bertz CT molecular complexity index is 879. The molecule has 0 bridgehead atoms. The van der Waals surface area contributed by atoms with Crippen LogP contribution in [-0.4, -0.2) is 152 Å². The molecule has 14 N–H and O–H groups in total.